The zero-order chi connectivity index (χ0) is 13.9. The van der Waals surface area contributed by atoms with Crippen molar-refractivity contribution in [1.29, 1.82) is 0 Å². The van der Waals surface area contributed by atoms with E-state index >= 15 is 0 Å². The van der Waals surface area contributed by atoms with Crippen LogP contribution in [-0.2, 0) is 0 Å². The number of hydrogen-bond acceptors (Lipinski definition) is 2. The summed E-state index contributed by atoms with van der Waals surface area (Å²) >= 11 is 0. The molecule has 1 aromatic carbocycles. The molecule has 0 fully saturated rings. The van der Waals surface area contributed by atoms with E-state index < -0.39 is 0 Å². The molecular formula is C16H24N2. The lowest BCUT2D eigenvalue weighted by Gasteiger charge is -2.22. The molecule has 1 N–H and O–H groups in total. The van der Waals surface area contributed by atoms with Gasteiger partial charge in [0.25, 0.3) is 0 Å². The predicted molar refractivity (Wildman–Crippen MR) is 82.0 cm³/mol. The van der Waals surface area contributed by atoms with E-state index in [2.05, 4.69) is 62.3 Å². The molecule has 0 aliphatic rings. The molecule has 98 valence electrons. The Kier molecular flexibility index (Phi) is 4.60. The molecule has 2 nitrogen and oxygen atoms in total. The van der Waals surface area contributed by atoms with E-state index in [0.717, 1.165) is 22.8 Å². The van der Waals surface area contributed by atoms with Gasteiger partial charge in [-0.3, -0.25) is 0 Å². The maximum Gasteiger partial charge on any atom is 0.0432 e. The highest BCUT2D eigenvalue weighted by Crippen LogP contribution is 2.26. The Labute approximate surface area is 111 Å². The Hall–Kier alpha value is -1.70. The molecule has 0 saturated carbocycles. The van der Waals surface area contributed by atoms with Crippen LogP contribution in [0.4, 0.5) is 11.4 Å². The molecule has 1 rings (SSSR count). The highest BCUT2D eigenvalue weighted by molar-refractivity contribution is 5.65. The van der Waals surface area contributed by atoms with Crippen molar-refractivity contribution in [2.75, 3.05) is 17.3 Å². The van der Waals surface area contributed by atoms with Crippen LogP contribution in [0.15, 0.2) is 42.8 Å². The van der Waals surface area contributed by atoms with E-state index in [1.807, 2.05) is 14.0 Å². The van der Waals surface area contributed by atoms with Crippen LogP contribution < -0.4 is 10.2 Å². The number of anilines is 2. The molecule has 0 unspecified atom stereocenters. The third kappa shape index (κ3) is 3.39. The van der Waals surface area contributed by atoms with Crippen LogP contribution in [0.5, 0.6) is 0 Å². The summed E-state index contributed by atoms with van der Waals surface area (Å²) in [6.07, 6.45) is 0. The van der Waals surface area contributed by atoms with Gasteiger partial charge in [-0.2, -0.15) is 0 Å². The molecule has 0 saturated heterocycles. The summed E-state index contributed by atoms with van der Waals surface area (Å²) in [7, 11) is 2.02. The maximum atomic E-state index is 4.06. The molecule has 0 radical (unpaired) electrons. The summed E-state index contributed by atoms with van der Waals surface area (Å²) in [6.45, 7) is 16.4. The summed E-state index contributed by atoms with van der Waals surface area (Å²) in [5, 5.41) is 3.39. The van der Waals surface area contributed by atoms with Crippen LogP contribution in [0.25, 0.3) is 0 Å². The smallest absolute Gasteiger partial charge is 0.0432 e. The molecule has 0 aromatic heterocycles. The predicted octanol–water partition coefficient (Wildman–Crippen LogP) is 4.55. The van der Waals surface area contributed by atoms with Gasteiger partial charge in [-0.25, -0.2) is 0 Å². The second-order valence-electron chi connectivity index (χ2n) is 5.10. The minimum absolute atomic E-state index is 0.423. The van der Waals surface area contributed by atoms with Gasteiger partial charge in [-0.15, -0.1) is 0 Å². The van der Waals surface area contributed by atoms with Gasteiger partial charge < -0.3 is 10.2 Å². The van der Waals surface area contributed by atoms with Gasteiger partial charge in [-0.05, 0) is 37.5 Å². The lowest BCUT2D eigenvalue weighted by molar-refractivity contribution is 0.778. The second-order valence-corrected chi connectivity index (χ2v) is 5.10. The van der Waals surface area contributed by atoms with Gasteiger partial charge in [-0.1, -0.05) is 33.1 Å². The van der Waals surface area contributed by atoms with Gasteiger partial charge in [0, 0.05) is 29.8 Å². The first-order chi connectivity index (χ1) is 8.32. The minimum Gasteiger partial charge on any atom is -0.359 e. The van der Waals surface area contributed by atoms with E-state index in [1.165, 1.54) is 5.56 Å². The summed E-state index contributed by atoms with van der Waals surface area (Å²) < 4.78 is 0. The molecule has 0 heterocycles. The first-order valence-corrected chi connectivity index (χ1v) is 6.28. The first-order valence-electron chi connectivity index (χ1n) is 6.28. The van der Waals surface area contributed by atoms with Crippen molar-refractivity contribution in [3.8, 4) is 0 Å². The van der Waals surface area contributed by atoms with Crippen molar-refractivity contribution < 1.29 is 0 Å². The molecule has 2 heteroatoms. The normalized spacial score (nSPS) is 10.3. The SMILES string of the molecule is C=C(Nc1cc(N(C)C(=C)C)ccc1C)C(C)C. The summed E-state index contributed by atoms with van der Waals surface area (Å²) in [5.74, 6) is 0.423. The van der Waals surface area contributed by atoms with Crippen molar-refractivity contribution >= 4 is 11.4 Å². The van der Waals surface area contributed by atoms with Gasteiger partial charge >= 0.3 is 0 Å². The zero-order valence-electron chi connectivity index (χ0n) is 12.2. The summed E-state index contributed by atoms with van der Waals surface area (Å²) in [4.78, 5) is 2.07. The first kappa shape index (κ1) is 14.4. The standard InChI is InChI=1S/C16H24N2/c1-11(2)14(6)17-16-10-15(9-8-13(16)5)18(7)12(3)4/h8-11,17H,3,6H2,1-2,4-5,7H3. The van der Waals surface area contributed by atoms with E-state index in [1.54, 1.807) is 0 Å². The third-order valence-electron chi connectivity index (χ3n) is 3.17. The van der Waals surface area contributed by atoms with E-state index in [9.17, 15) is 0 Å². The van der Waals surface area contributed by atoms with Crippen LogP contribution in [0.2, 0.25) is 0 Å². The average molecular weight is 244 g/mol. The summed E-state index contributed by atoms with van der Waals surface area (Å²) in [6, 6.07) is 6.36. The molecule has 0 aliphatic carbocycles. The fourth-order valence-electron chi connectivity index (χ4n) is 1.49. The van der Waals surface area contributed by atoms with Crippen LogP contribution in [0, 0.1) is 12.8 Å². The molecule has 0 spiro atoms. The molecule has 0 amide bonds. The van der Waals surface area contributed by atoms with E-state index in [4.69, 9.17) is 0 Å². The lowest BCUT2D eigenvalue weighted by Crippen LogP contribution is -2.14. The Morgan fingerprint density at radius 1 is 1.28 bits per heavy atom. The highest BCUT2D eigenvalue weighted by Gasteiger charge is 2.07. The monoisotopic (exact) mass is 244 g/mol. The number of hydrogen-bond donors (Lipinski definition) is 1. The van der Waals surface area contributed by atoms with E-state index in [-0.39, 0.29) is 0 Å². The second kappa shape index (κ2) is 5.76. The lowest BCUT2D eigenvalue weighted by atomic mass is 10.1. The number of aryl methyl sites for hydroxylation is 1. The van der Waals surface area contributed by atoms with Gasteiger partial charge in [0.15, 0.2) is 0 Å². The molecule has 1 aromatic rings. The third-order valence-corrected chi connectivity index (χ3v) is 3.17. The number of benzene rings is 1. The topological polar surface area (TPSA) is 15.3 Å². The molecule has 0 aliphatic heterocycles. The molecule has 18 heavy (non-hydrogen) atoms. The number of nitrogens with zero attached hydrogens (tertiary/aromatic N) is 1. The van der Waals surface area contributed by atoms with Crippen LogP contribution in [0.3, 0.4) is 0 Å². The van der Waals surface area contributed by atoms with Crippen molar-refractivity contribution in [3.63, 3.8) is 0 Å². The molecule has 0 atom stereocenters. The fraction of sp³-hybridized carbons (Fsp3) is 0.375. The van der Waals surface area contributed by atoms with Crippen molar-refractivity contribution in [2.45, 2.75) is 27.7 Å². The Morgan fingerprint density at radius 2 is 1.89 bits per heavy atom. The van der Waals surface area contributed by atoms with Gasteiger partial charge in [0.2, 0.25) is 0 Å². The largest absolute Gasteiger partial charge is 0.359 e. The van der Waals surface area contributed by atoms with Crippen LogP contribution in [0.1, 0.15) is 26.3 Å². The van der Waals surface area contributed by atoms with E-state index in [0.29, 0.717) is 5.92 Å². The molecular weight excluding hydrogens is 220 g/mol. The fourth-order valence-corrected chi connectivity index (χ4v) is 1.49. The van der Waals surface area contributed by atoms with Gasteiger partial charge in [0.05, 0.1) is 0 Å². The van der Waals surface area contributed by atoms with Crippen molar-refractivity contribution in [1.82, 2.24) is 0 Å². The van der Waals surface area contributed by atoms with Gasteiger partial charge in [0.1, 0.15) is 0 Å². The zero-order valence-corrected chi connectivity index (χ0v) is 12.2. The number of allylic oxidation sites excluding steroid dienone is 2. The average Bonchev–Trinajstić information content (AvgIpc) is 2.30. The van der Waals surface area contributed by atoms with Crippen LogP contribution in [-0.4, -0.2) is 7.05 Å². The number of rotatable bonds is 5. The Bertz CT molecular complexity index is 458. The highest BCUT2D eigenvalue weighted by atomic mass is 15.1. The van der Waals surface area contributed by atoms with Crippen LogP contribution >= 0.6 is 0 Å². The van der Waals surface area contributed by atoms with Crippen molar-refractivity contribution in [3.05, 3.63) is 48.3 Å². The quantitative estimate of drug-likeness (QED) is 0.817. The number of nitrogens with one attached hydrogen (secondary N) is 1. The molecule has 0 bridgehead atoms. The Morgan fingerprint density at radius 3 is 2.39 bits per heavy atom. The maximum absolute atomic E-state index is 4.06. The summed E-state index contributed by atoms with van der Waals surface area (Å²) in [5.41, 5.74) is 5.52. The van der Waals surface area contributed by atoms with Crippen molar-refractivity contribution in [2.24, 2.45) is 5.92 Å². The Balaban J connectivity index is 3.02. The minimum atomic E-state index is 0.423.